The van der Waals surface area contributed by atoms with Gasteiger partial charge in [-0.2, -0.15) is 4.72 Å². The normalized spacial score (nSPS) is 11.9. The van der Waals surface area contributed by atoms with E-state index in [0.717, 1.165) is 0 Å². The lowest BCUT2D eigenvalue weighted by Crippen LogP contribution is -2.46. The summed E-state index contributed by atoms with van der Waals surface area (Å²) in [4.78, 5) is 25.1. The van der Waals surface area contributed by atoms with Gasteiger partial charge in [-0.25, -0.2) is 12.8 Å². The van der Waals surface area contributed by atoms with Gasteiger partial charge < -0.3 is 10.2 Å². The number of nitrogens with one attached hydrogen (secondary N) is 2. The minimum absolute atomic E-state index is 0.0340. The monoisotopic (exact) mass is 431 g/mol. The Morgan fingerprint density at radius 1 is 1.13 bits per heavy atom. The molecule has 0 fully saturated rings. The topological polar surface area (TPSA) is 95.6 Å². The Kier molecular flexibility index (Phi) is 7.69. The number of carbonyl (C=O) groups excluding carboxylic acids is 2. The van der Waals surface area contributed by atoms with Crippen molar-refractivity contribution in [1.82, 2.24) is 9.62 Å². The zero-order chi connectivity index (χ0) is 22.3. The first-order valence-electron chi connectivity index (χ1n) is 8.99. The van der Waals surface area contributed by atoms with Crippen molar-refractivity contribution in [3.63, 3.8) is 0 Å². The van der Waals surface area contributed by atoms with Crippen LogP contribution in [0.25, 0.3) is 0 Å². The van der Waals surface area contributed by atoms with Crippen molar-refractivity contribution in [3.8, 4) is 12.3 Å². The van der Waals surface area contributed by atoms with Crippen molar-refractivity contribution in [3.05, 3.63) is 59.9 Å². The molecule has 2 aromatic carbocycles. The molecule has 0 saturated carbocycles. The highest BCUT2D eigenvalue weighted by Gasteiger charge is 2.26. The Morgan fingerprint density at radius 2 is 1.73 bits per heavy atom. The van der Waals surface area contributed by atoms with E-state index in [1.54, 1.807) is 0 Å². The molecule has 0 bridgehead atoms. The van der Waals surface area contributed by atoms with Crippen LogP contribution in [0.15, 0.2) is 53.4 Å². The van der Waals surface area contributed by atoms with E-state index >= 15 is 0 Å². The number of hydrogen-bond donors (Lipinski definition) is 2. The lowest BCUT2D eigenvalue weighted by molar-refractivity contribution is -0.132. The van der Waals surface area contributed by atoms with E-state index in [-0.39, 0.29) is 23.9 Å². The van der Waals surface area contributed by atoms with E-state index in [1.807, 2.05) is 0 Å². The summed E-state index contributed by atoms with van der Waals surface area (Å²) >= 11 is 0. The van der Waals surface area contributed by atoms with Crippen LogP contribution in [-0.2, 0) is 26.2 Å². The molecule has 2 aromatic rings. The van der Waals surface area contributed by atoms with Gasteiger partial charge in [0.05, 0.1) is 17.5 Å². The molecular formula is C21H22FN3O4S. The number of terminal acetylenes is 1. The minimum atomic E-state index is -3.99. The van der Waals surface area contributed by atoms with Gasteiger partial charge in [0.2, 0.25) is 21.8 Å². The third-order valence-corrected chi connectivity index (χ3v) is 5.62. The molecule has 0 spiro atoms. The fourth-order valence-electron chi connectivity index (χ4n) is 2.68. The fourth-order valence-corrected chi connectivity index (χ4v) is 3.87. The molecule has 7 nitrogen and oxygen atoms in total. The van der Waals surface area contributed by atoms with Crippen molar-refractivity contribution in [2.24, 2.45) is 0 Å². The van der Waals surface area contributed by atoms with Gasteiger partial charge in [0.1, 0.15) is 5.82 Å². The van der Waals surface area contributed by atoms with Crippen molar-refractivity contribution < 1.29 is 22.4 Å². The Labute approximate surface area is 175 Å². The summed E-state index contributed by atoms with van der Waals surface area (Å²) in [5.74, 6) is 1.17. The predicted octanol–water partition coefficient (Wildman–Crippen LogP) is 2.11. The van der Waals surface area contributed by atoms with Gasteiger partial charge in [-0.15, -0.1) is 6.42 Å². The number of anilines is 1. The Morgan fingerprint density at radius 3 is 2.27 bits per heavy atom. The first kappa shape index (κ1) is 23.1. The van der Waals surface area contributed by atoms with Crippen molar-refractivity contribution in [2.45, 2.75) is 31.3 Å². The third-order valence-electron chi connectivity index (χ3n) is 4.07. The number of amides is 2. The van der Waals surface area contributed by atoms with Crippen molar-refractivity contribution >= 4 is 27.5 Å². The van der Waals surface area contributed by atoms with Crippen molar-refractivity contribution in [2.75, 3.05) is 11.9 Å². The maximum atomic E-state index is 13.1. The molecule has 2 rings (SSSR count). The zero-order valence-electron chi connectivity index (χ0n) is 16.6. The number of benzene rings is 2. The van der Waals surface area contributed by atoms with E-state index in [0.29, 0.717) is 11.3 Å². The highest BCUT2D eigenvalue weighted by atomic mass is 32.2. The van der Waals surface area contributed by atoms with Gasteiger partial charge in [0.25, 0.3) is 0 Å². The summed E-state index contributed by atoms with van der Waals surface area (Å²) in [6.07, 6.45) is 5.34. The van der Waals surface area contributed by atoms with Crippen LogP contribution in [-0.4, -0.2) is 37.7 Å². The zero-order valence-corrected chi connectivity index (χ0v) is 17.4. The quantitative estimate of drug-likeness (QED) is 0.626. The molecule has 0 radical (unpaired) electrons. The van der Waals surface area contributed by atoms with Gasteiger partial charge in [-0.1, -0.05) is 18.1 Å². The summed E-state index contributed by atoms with van der Waals surface area (Å²) in [6, 6.07) is 10.0. The Balaban J connectivity index is 2.11. The first-order valence-corrected chi connectivity index (χ1v) is 10.5. The smallest absolute Gasteiger partial charge is 0.241 e. The van der Waals surface area contributed by atoms with Crippen LogP contribution in [0, 0.1) is 18.2 Å². The van der Waals surface area contributed by atoms with Crippen LogP contribution in [0.1, 0.15) is 19.4 Å². The maximum Gasteiger partial charge on any atom is 0.241 e. The molecule has 0 aliphatic rings. The third kappa shape index (κ3) is 6.40. The highest BCUT2D eigenvalue weighted by molar-refractivity contribution is 7.89. The second kappa shape index (κ2) is 10.0. The number of nitrogens with zero attached hydrogens (tertiary/aromatic N) is 1. The first-order chi connectivity index (χ1) is 14.1. The lowest BCUT2D eigenvalue weighted by Gasteiger charge is -2.24. The summed E-state index contributed by atoms with van der Waals surface area (Å²) in [5, 5.41) is 2.54. The Bertz CT molecular complexity index is 1050. The lowest BCUT2D eigenvalue weighted by atomic mass is 10.2. The molecule has 0 aliphatic heterocycles. The number of carbonyl (C=O) groups is 2. The number of sulfonamides is 1. The largest absolute Gasteiger partial charge is 0.326 e. The molecule has 158 valence electrons. The molecule has 1 atom stereocenters. The SMILES string of the molecule is C#CCN(Cc1ccc(F)cc1)C(=O)[C@H](C)NS(=O)(=O)c1ccc(NC(C)=O)cc1. The summed E-state index contributed by atoms with van der Waals surface area (Å²) in [6.45, 7) is 2.83. The molecule has 2 amide bonds. The van der Waals surface area contributed by atoms with Crippen LogP contribution in [0.5, 0.6) is 0 Å². The number of halogens is 1. The van der Waals surface area contributed by atoms with E-state index in [1.165, 1.54) is 67.3 Å². The molecule has 0 saturated heterocycles. The number of rotatable bonds is 8. The molecule has 0 aromatic heterocycles. The van der Waals surface area contributed by atoms with Gasteiger partial charge in [-0.3, -0.25) is 9.59 Å². The van der Waals surface area contributed by atoms with E-state index in [4.69, 9.17) is 6.42 Å². The van der Waals surface area contributed by atoms with Crippen LogP contribution in [0.4, 0.5) is 10.1 Å². The second-order valence-corrected chi connectivity index (χ2v) is 8.29. The molecule has 0 aliphatic carbocycles. The predicted molar refractivity (Wildman–Crippen MR) is 111 cm³/mol. The standard InChI is InChI=1S/C21H22FN3O4S/c1-4-13-25(14-17-5-7-18(22)8-6-17)21(27)15(2)24-30(28,29)20-11-9-19(10-12-20)23-16(3)26/h1,5-12,15,24H,13-14H2,2-3H3,(H,23,26)/t15-/m0/s1. The van der Waals surface area contributed by atoms with Gasteiger partial charge >= 0.3 is 0 Å². The van der Waals surface area contributed by atoms with Crippen LogP contribution < -0.4 is 10.0 Å². The summed E-state index contributed by atoms with van der Waals surface area (Å²) < 4.78 is 40.6. The average Bonchev–Trinajstić information content (AvgIpc) is 2.68. The van der Waals surface area contributed by atoms with E-state index < -0.39 is 27.8 Å². The molecule has 30 heavy (non-hydrogen) atoms. The van der Waals surface area contributed by atoms with Crippen LogP contribution in [0.3, 0.4) is 0 Å². The fraction of sp³-hybridized carbons (Fsp3) is 0.238. The maximum absolute atomic E-state index is 13.1. The second-order valence-electron chi connectivity index (χ2n) is 6.57. The van der Waals surface area contributed by atoms with E-state index in [9.17, 15) is 22.4 Å². The Hall–Kier alpha value is -3.22. The van der Waals surface area contributed by atoms with Gasteiger partial charge in [-0.05, 0) is 48.9 Å². The molecule has 2 N–H and O–H groups in total. The van der Waals surface area contributed by atoms with E-state index in [2.05, 4.69) is 16.0 Å². The van der Waals surface area contributed by atoms with Gasteiger partial charge in [0.15, 0.2) is 0 Å². The molecule has 9 heteroatoms. The van der Waals surface area contributed by atoms with Crippen LogP contribution >= 0.6 is 0 Å². The van der Waals surface area contributed by atoms with Crippen LogP contribution in [0.2, 0.25) is 0 Å². The highest BCUT2D eigenvalue weighted by Crippen LogP contribution is 2.15. The summed E-state index contributed by atoms with van der Waals surface area (Å²) in [5.41, 5.74) is 1.11. The van der Waals surface area contributed by atoms with Gasteiger partial charge in [0, 0.05) is 19.2 Å². The number of hydrogen-bond acceptors (Lipinski definition) is 4. The summed E-state index contributed by atoms with van der Waals surface area (Å²) in [7, 11) is -3.99. The molecule has 0 unspecified atom stereocenters. The molecular weight excluding hydrogens is 409 g/mol. The average molecular weight is 431 g/mol. The minimum Gasteiger partial charge on any atom is -0.326 e. The van der Waals surface area contributed by atoms with Crippen molar-refractivity contribution in [1.29, 1.82) is 0 Å². The molecule has 0 heterocycles.